The summed E-state index contributed by atoms with van der Waals surface area (Å²) in [5.74, 6) is 5.91. The molecule has 0 unspecified atom stereocenters. The molecule has 2 fully saturated rings. The van der Waals surface area contributed by atoms with Crippen molar-refractivity contribution in [3.8, 4) is 0 Å². The molecule has 0 amide bonds. The van der Waals surface area contributed by atoms with Gasteiger partial charge < -0.3 is 14.9 Å². The molecule has 2 rings (SSSR count). The predicted octanol–water partition coefficient (Wildman–Crippen LogP) is 7.09. The molecule has 2 aliphatic carbocycles. The average molecular weight is 448 g/mol. The van der Waals surface area contributed by atoms with Crippen LogP contribution in [0, 0.1) is 86.1 Å². The summed E-state index contributed by atoms with van der Waals surface area (Å²) in [7, 11) is -1.66. The first kappa shape index (κ1) is 29.3. The molecule has 0 aromatic rings. The molecule has 2 heteroatoms. The standard InChI is InChI=1S/C22H34Si.2CH3.Zr/c1-15-11-17(21(3,4)5)13-19(15)23(9,10)20-14-18(12-16(20)2)22(6,7)8;;;/h11-14H,1-10H3;2*1H3;/q;2*-1;+2. The van der Waals surface area contributed by atoms with Crippen LogP contribution in [0.1, 0.15) is 55.4 Å². The second kappa shape index (κ2) is 9.73. The zero-order valence-electron chi connectivity index (χ0n) is 19.3. The normalized spacial score (nSPS) is 22.8. The molecule has 0 saturated heterocycles. The molecule has 10 radical (unpaired) electrons. The largest absolute Gasteiger partial charge is 2.00 e. The first-order valence-electron chi connectivity index (χ1n) is 8.81. The van der Waals surface area contributed by atoms with Gasteiger partial charge in [-0.25, -0.2) is 0 Å². The Morgan fingerprint density at radius 2 is 0.885 bits per heavy atom. The van der Waals surface area contributed by atoms with Crippen molar-refractivity contribution >= 4 is 8.07 Å². The molecule has 0 aliphatic heterocycles. The van der Waals surface area contributed by atoms with Crippen molar-refractivity contribution in [1.29, 1.82) is 0 Å². The van der Waals surface area contributed by atoms with Crippen LogP contribution in [0.15, 0.2) is 0 Å². The van der Waals surface area contributed by atoms with Crippen LogP contribution in [-0.4, -0.2) is 8.07 Å². The Hall–Kier alpha value is 1.10. The molecular weight excluding hydrogens is 408 g/mol. The van der Waals surface area contributed by atoms with Crippen LogP contribution in [0.25, 0.3) is 0 Å². The van der Waals surface area contributed by atoms with E-state index < -0.39 is 8.07 Å². The first-order chi connectivity index (χ1) is 10.2. The van der Waals surface area contributed by atoms with Gasteiger partial charge in [0.05, 0.1) is 8.07 Å². The Balaban J connectivity index is 0. The van der Waals surface area contributed by atoms with Crippen molar-refractivity contribution in [3.05, 3.63) is 75.3 Å². The van der Waals surface area contributed by atoms with E-state index in [0.29, 0.717) is 0 Å². The summed E-state index contributed by atoms with van der Waals surface area (Å²) in [5.41, 5.74) is 3.67. The van der Waals surface area contributed by atoms with Crippen molar-refractivity contribution in [3.63, 3.8) is 0 Å². The van der Waals surface area contributed by atoms with Gasteiger partial charge in [-0.2, -0.15) is 0 Å². The maximum absolute atomic E-state index is 2.51. The summed E-state index contributed by atoms with van der Waals surface area (Å²) < 4.78 is 0. The van der Waals surface area contributed by atoms with Crippen LogP contribution in [0.3, 0.4) is 0 Å². The van der Waals surface area contributed by atoms with E-state index in [4.69, 9.17) is 0 Å². The van der Waals surface area contributed by atoms with Gasteiger partial charge in [0.25, 0.3) is 0 Å². The molecule has 2 aliphatic rings. The molecule has 144 valence electrons. The Morgan fingerprint density at radius 3 is 1.08 bits per heavy atom. The maximum atomic E-state index is 2.51. The van der Waals surface area contributed by atoms with Crippen LogP contribution in [0.4, 0.5) is 0 Å². The summed E-state index contributed by atoms with van der Waals surface area (Å²) in [6, 6.07) is 0. The number of rotatable bonds is 2. The van der Waals surface area contributed by atoms with Crippen LogP contribution in [0.2, 0.25) is 13.1 Å². The molecule has 26 heavy (non-hydrogen) atoms. The summed E-state index contributed by atoms with van der Waals surface area (Å²) in [5, 5.41) is 0. The summed E-state index contributed by atoms with van der Waals surface area (Å²) in [4.78, 5) is 0. The SMILES string of the molecule is C[C]1[CH][C](C(C)(C)C)[CH][C]1[Si](C)(C)[C]1[CH][C](C(C)(C)C)[CH][C]1C.[CH3-].[CH3-].[Zr+2]. The molecule has 0 aromatic carbocycles. The summed E-state index contributed by atoms with van der Waals surface area (Å²) in [6.45, 7) is 23.5. The third-order valence-electron chi connectivity index (χ3n) is 5.27. The minimum atomic E-state index is -1.66. The molecule has 0 atom stereocenters. The smallest absolute Gasteiger partial charge is 0.358 e. The van der Waals surface area contributed by atoms with E-state index in [1.807, 2.05) is 0 Å². The number of hydrogen-bond donors (Lipinski definition) is 0. The Bertz CT molecular complexity index is 377. The van der Waals surface area contributed by atoms with Crippen molar-refractivity contribution in [2.45, 2.75) is 68.5 Å². The average Bonchev–Trinajstić information content (AvgIpc) is 2.91. The van der Waals surface area contributed by atoms with Gasteiger partial charge in [-0.05, 0) is 71.3 Å². The fourth-order valence-corrected chi connectivity index (χ4v) is 7.04. The third-order valence-corrected chi connectivity index (χ3v) is 9.04. The second-order valence-electron chi connectivity index (χ2n) is 9.81. The van der Waals surface area contributed by atoms with Gasteiger partial charge in [0.15, 0.2) is 0 Å². The van der Waals surface area contributed by atoms with Crippen LogP contribution < -0.4 is 0 Å². The van der Waals surface area contributed by atoms with E-state index in [0.717, 1.165) is 0 Å². The minimum Gasteiger partial charge on any atom is -0.358 e. The van der Waals surface area contributed by atoms with Crippen LogP contribution in [0.5, 0.6) is 0 Å². The molecular formula is C24H40SiZr. The van der Waals surface area contributed by atoms with Crippen molar-refractivity contribution in [2.75, 3.05) is 0 Å². The van der Waals surface area contributed by atoms with E-state index in [2.05, 4.69) is 94.2 Å². The third kappa shape index (κ3) is 6.05. The number of hydrogen-bond acceptors (Lipinski definition) is 0. The van der Waals surface area contributed by atoms with Crippen molar-refractivity contribution in [2.24, 2.45) is 10.8 Å². The van der Waals surface area contributed by atoms with Gasteiger partial charge >= 0.3 is 26.2 Å². The van der Waals surface area contributed by atoms with Gasteiger partial charge in [0, 0.05) is 0 Å². The van der Waals surface area contributed by atoms with E-state index in [9.17, 15) is 0 Å². The fraction of sp³-hybridized carbons (Fsp3) is 0.500. The van der Waals surface area contributed by atoms with Gasteiger partial charge in [0.2, 0.25) is 0 Å². The topological polar surface area (TPSA) is 0 Å². The van der Waals surface area contributed by atoms with Crippen molar-refractivity contribution in [1.82, 2.24) is 0 Å². The Morgan fingerprint density at radius 1 is 0.615 bits per heavy atom. The minimum absolute atomic E-state index is 0. The monoisotopic (exact) mass is 446 g/mol. The van der Waals surface area contributed by atoms with Crippen molar-refractivity contribution < 1.29 is 26.2 Å². The van der Waals surface area contributed by atoms with Crippen LogP contribution >= 0.6 is 0 Å². The van der Waals surface area contributed by atoms with E-state index in [-0.39, 0.29) is 51.9 Å². The first-order valence-corrected chi connectivity index (χ1v) is 11.8. The second-order valence-corrected chi connectivity index (χ2v) is 14.1. The van der Waals surface area contributed by atoms with Gasteiger partial charge in [-0.1, -0.05) is 68.5 Å². The zero-order chi connectivity index (χ0) is 17.8. The molecule has 0 spiro atoms. The predicted molar refractivity (Wildman–Crippen MR) is 117 cm³/mol. The molecule has 2 saturated carbocycles. The van der Waals surface area contributed by atoms with Gasteiger partial charge in [0.1, 0.15) is 0 Å². The summed E-state index contributed by atoms with van der Waals surface area (Å²) >= 11 is 0. The molecule has 0 aromatic heterocycles. The van der Waals surface area contributed by atoms with E-state index in [1.165, 1.54) is 23.7 Å². The quantitative estimate of drug-likeness (QED) is 0.313. The molecule has 0 heterocycles. The van der Waals surface area contributed by atoms with E-state index in [1.54, 1.807) is 11.1 Å². The van der Waals surface area contributed by atoms with Gasteiger partial charge in [-0.3, -0.25) is 0 Å². The summed E-state index contributed by atoms with van der Waals surface area (Å²) in [6.07, 6.45) is 9.80. The fourth-order valence-electron chi connectivity index (χ4n) is 3.60. The maximum Gasteiger partial charge on any atom is 2.00 e. The Kier molecular flexibility index (Phi) is 11.0. The van der Waals surface area contributed by atoms with Gasteiger partial charge in [-0.15, -0.1) is 0 Å². The van der Waals surface area contributed by atoms with E-state index >= 15 is 0 Å². The molecule has 0 nitrogen and oxygen atoms in total. The Labute approximate surface area is 188 Å². The molecule has 0 N–H and O–H groups in total. The molecule has 0 bridgehead atoms. The van der Waals surface area contributed by atoms with Crippen LogP contribution in [-0.2, 0) is 26.2 Å². The zero-order valence-corrected chi connectivity index (χ0v) is 22.8.